The number of pyridine rings is 1. The number of nitrogens with zero attached hydrogens (tertiary/aromatic N) is 1. The number of ether oxygens (including phenoxy) is 2. The predicted molar refractivity (Wildman–Crippen MR) is 228 cm³/mol. The van der Waals surface area contributed by atoms with E-state index in [4.69, 9.17) is 15.2 Å². The van der Waals surface area contributed by atoms with Crippen molar-refractivity contribution in [2.75, 3.05) is 18.5 Å². The van der Waals surface area contributed by atoms with Gasteiger partial charge >= 0.3 is 11.9 Å². The summed E-state index contributed by atoms with van der Waals surface area (Å²) in [6.07, 6.45) is 9.39. The van der Waals surface area contributed by atoms with E-state index in [1.807, 2.05) is 24.3 Å². The van der Waals surface area contributed by atoms with E-state index >= 15 is 4.39 Å². The summed E-state index contributed by atoms with van der Waals surface area (Å²) in [5, 5.41) is 28.9. The van der Waals surface area contributed by atoms with Gasteiger partial charge in [-0.25, -0.2) is 4.39 Å². The number of aromatic nitrogens is 1. The topological polar surface area (TPSA) is 195 Å². The van der Waals surface area contributed by atoms with Crippen molar-refractivity contribution in [2.24, 2.45) is 46.2 Å². The van der Waals surface area contributed by atoms with Crippen LogP contribution in [-0.4, -0.2) is 75.1 Å². The van der Waals surface area contributed by atoms with Crippen LogP contribution in [-0.2, 0) is 40.1 Å². The fourth-order valence-electron chi connectivity index (χ4n) is 12.1. The Bertz CT molecular complexity index is 2350. The fraction of sp³-hybridized carbons (Fsp3) is 0.510. The summed E-state index contributed by atoms with van der Waals surface area (Å²) >= 11 is 0. The van der Waals surface area contributed by atoms with E-state index in [9.17, 15) is 34.2 Å². The Balaban J connectivity index is 0.877. The smallest absolute Gasteiger partial charge is 0.310 e. The Labute approximate surface area is 360 Å². The lowest BCUT2D eigenvalue weighted by atomic mass is 9.44. The highest BCUT2D eigenvalue weighted by Crippen LogP contribution is 2.70. The summed E-state index contributed by atoms with van der Waals surface area (Å²) in [5.41, 5.74) is 2.14. The Morgan fingerprint density at radius 3 is 2.39 bits per heavy atom. The maximum absolute atomic E-state index is 17.6. The Kier molecular flexibility index (Phi) is 11.6. The number of benzene rings is 2. The number of alkyl halides is 1. The van der Waals surface area contributed by atoms with Gasteiger partial charge in [0.25, 0.3) is 0 Å². The number of allylic oxidation sites excluding steroid dienone is 4. The number of halogens is 1. The van der Waals surface area contributed by atoms with Crippen molar-refractivity contribution < 1.29 is 48.0 Å². The van der Waals surface area contributed by atoms with Crippen molar-refractivity contribution in [3.8, 4) is 0 Å². The molecule has 1 amide bonds. The lowest BCUT2D eigenvalue weighted by molar-refractivity contribution is -0.220. The highest BCUT2D eigenvalue weighted by Gasteiger charge is 2.75. The highest BCUT2D eigenvalue weighted by atomic mass is 19.1. The van der Waals surface area contributed by atoms with Gasteiger partial charge in [-0.2, -0.15) is 0 Å². The molecule has 0 unspecified atom stereocenters. The van der Waals surface area contributed by atoms with Gasteiger partial charge in [0.15, 0.2) is 18.1 Å². The molecule has 3 aromatic rings. The van der Waals surface area contributed by atoms with Crippen molar-refractivity contribution in [3.05, 3.63) is 95.9 Å². The van der Waals surface area contributed by atoms with E-state index in [2.05, 4.69) is 10.3 Å². The number of hydrogen-bond donors (Lipinski definition) is 4. The second-order valence-corrected chi connectivity index (χ2v) is 18.8. The average Bonchev–Trinajstić information content (AvgIpc) is 3.47. The zero-order valence-electron chi connectivity index (χ0n) is 35.5. The van der Waals surface area contributed by atoms with Gasteiger partial charge < -0.3 is 30.7 Å². The van der Waals surface area contributed by atoms with E-state index in [-0.39, 0.29) is 31.3 Å². The zero-order chi connectivity index (χ0) is 44.2. The molecule has 0 saturated heterocycles. The largest absolute Gasteiger partial charge is 0.461 e. The molecular weight excluding hydrogens is 794 g/mol. The summed E-state index contributed by atoms with van der Waals surface area (Å²) in [7, 11) is 0. The number of hydrogen-bond acceptors (Lipinski definition) is 11. The molecular formula is C49H56FN3O9. The number of aliphatic hydroxyl groups is 2. The molecule has 5 aliphatic rings. The minimum atomic E-state index is -2.11. The summed E-state index contributed by atoms with van der Waals surface area (Å²) in [5.74, 6) is -6.51. The maximum Gasteiger partial charge on any atom is 0.310 e. The highest BCUT2D eigenvalue weighted by molar-refractivity contribution is 6.01. The number of nitrogens with two attached hydrogens (primary N) is 1. The molecule has 1 aromatic heterocycles. The number of anilines is 1. The van der Waals surface area contributed by atoms with Crippen LogP contribution in [0.25, 0.3) is 10.8 Å². The molecule has 5 N–H and O–H groups in total. The van der Waals surface area contributed by atoms with Crippen molar-refractivity contribution in [2.45, 2.75) is 102 Å². The first-order chi connectivity index (χ1) is 29.5. The van der Waals surface area contributed by atoms with Crippen LogP contribution >= 0.6 is 0 Å². The van der Waals surface area contributed by atoms with Gasteiger partial charge in [0.2, 0.25) is 11.7 Å². The number of carbonyl (C=O) groups excluding carboxylic acids is 5. The number of fused-ring (bicyclic) bond motifs is 6. The molecule has 12 nitrogen and oxygen atoms in total. The molecule has 328 valence electrons. The SMILES string of the molecule is C[C@@H]1C[C@H]2[C@@H]3CCC4=CC(=O)C=C[C@]4(C)[C@@]3(F)[C@@H](O)C[C@]2(C)[C@@]1(O)C(=O)COC(=O)[C@@H]1CCCC[C@H]1C(=O)OCc1ccc([C@@H](CN)C(=O)Nc2ccc3cnccc3c2)cc1. The molecule has 4 saturated carbocycles. The molecule has 2 aromatic carbocycles. The second kappa shape index (κ2) is 16.5. The van der Waals surface area contributed by atoms with E-state index in [1.54, 1.807) is 63.5 Å². The van der Waals surface area contributed by atoms with Crippen molar-refractivity contribution >= 4 is 45.9 Å². The number of Topliss-reactive ketones (excluding diaryl/α,β-unsaturated/α-hetero) is 1. The average molecular weight is 850 g/mol. The number of ketones is 2. The van der Waals surface area contributed by atoms with Crippen LogP contribution < -0.4 is 11.1 Å². The van der Waals surface area contributed by atoms with Gasteiger partial charge in [0.05, 0.1) is 23.9 Å². The van der Waals surface area contributed by atoms with E-state index in [0.717, 1.165) is 10.8 Å². The third-order valence-corrected chi connectivity index (χ3v) is 15.6. The fourth-order valence-corrected chi connectivity index (χ4v) is 12.1. The molecule has 0 bridgehead atoms. The Morgan fingerprint density at radius 2 is 1.68 bits per heavy atom. The second-order valence-electron chi connectivity index (χ2n) is 18.8. The van der Waals surface area contributed by atoms with Gasteiger partial charge in [-0.05, 0) is 104 Å². The third-order valence-electron chi connectivity index (χ3n) is 15.6. The van der Waals surface area contributed by atoms with Gasteiger partial charge in [-0.15, -0.1) is 0 Å². The minimum Gasteiger partial charge on any atom is -0.461 e. The summed E-state index contributed by atoms with van der Waals surface area (Å²) in [4.78, 5) is 70.9. The minimum absolute atomic E-state index is 0.0653. The number of nitrogens with one attached hydrogen (secondary N) is 1. The predicted octanol–water partition coefficient (Wildman–Crippen LogP) is 6.23. The van der Waals surface area contributed by atoms with Crippen LogP contribution in [0.4, 0.5) is 10.1 Å². The lowest BCUT2D eigenvalue weighted by Crippen LogP contribution is -2.69. The Hall–Kier alpha value is -5.11. The van der Waals surface area contributed by atoms with E-state index < -0.39 is 88.0 Å². The van der Waals surface area contributed by atoms with Crippen LogP contribution in [0.3, 0.4) is 0 Å². The molecule has 4 fully saturated rings. The first-order valence-corrected chi connectivity index (χ1v) is 21.9. The first-order valence-electron chi connectivity index (χ1n) is 21.9. The number of rotatable bonds is 11. The molecule has 62 heavy (non-hydrogen) atoms. The standard InChI is InChI=1S/C49H56FN3O9/c1-28-20-40-39-15-13-33-22-35(54)16-18-46(33,2)48(39,50)41(55)23-47(40,3)49(28,60)42(56)27-62-45(59)37-7-5-4-6-36(37)44(58)61-26-29-8-10-30(11-9-29)38(24-51)43(57)53-34-14-12-32-25-52-19-17-31(32)21-34/h8-12,14,16-19,21-22,25,28,36-41,55,60H,4-7,13,15,20,23-24,26-27,51H2,1-3H3,(H,53,57)/t28-,36-,37-,38-,39+,40+,41+,46+,47+,48+,49+/m1/s1. The number of esters is 2. The van der Waals surface area contributed by atoms with E-state index in [0.29, 0.717) is 67.3 Å². The summed E-state index contributed by atoms with van der Waals surface area (Å²) in [6, 6.07) is 14.5. The maximum atomic E-state index is 17.6. The molecule has 13 heteroatoms. The molecule has 0 aliphatic heterocycles. The van der Waals surface area contributed by atoms with Gasteiger partial charge in [0, 0.05) is 46.8 Å². The van der Waals surface area contributed by atoms with Gasteiger partial charge in [0.1, 0.15) is 12.2 Å². The van der Waals surface area contributed by atoms with Crippen molar-refractivity contribution in [3.63, 3.8) is 0 Å². The van der Waals surface area contributed by atoms with Crippen LogP contribution in [0.5, 0.6) is 0 Å². The molecule has 8 rings (SSSR count). The summed E-state index contributed by atoms with van der Waals surface area (Å²) in [6.45, 7) is 4.47. The van der Waals surface area contributed by atoms with Crippen molar-refractivity contribution in [1.82, 2.24) is 4.98 Å². The number of carbonyl (C=O) groups is 5. The van der Waals surface area contributed by atoms with Crippen LogP contribution in [0.1, 0.15) is 89.2 Å². The van der Waals surface area contributed by atoms with Crippen LogP contribution in [0.15, 0.2) is 84.7 Å². The number of amides is 1. The zero-order valence-corrected chi connectivity index (χ0v) is 35.5. The monoisotopic (exact) mass is 849 g/mol. The van der Waals surface area contributed by atoms with Crippen LogP contribution in [0, 0.1) is 40.4 Å². The third kappa shape index (κ3) is 7.10. The van der Waals surface area contributed by atoms with Crippen LogP contribution in [0.2, 0.25) is 0 Å². The first kappa shape index (κ1) is 43.5. The Morgan fingerprint density at radius 1 is 0.968 bits per heavy atom. The lowest BCUT2D eigenvalue weighted by Gasteiger charge is -2.62. The quantitative estimate of drug-likeness (QED) is 0.160. The molecule has 11 atom stereocenters. The number of aliphatic hydroxyl groups excluding tert-OH is 1. The van der Waals surface area contributed by atoms with Gasteiger partial charge in [-0.1, -0.05) is 68.7 Å². The molecule has 1 heterocycles. The summed E-state index contributed by atoms with van der Waals surface area (Å²) < 4.78 is 28.9. The molecule has 0 radical (unpaired) electrons. The normalized spacial score (nSPS) is 34.2. The molecule has 5 aliphatic carbocycles. The molecule has 0 spiro atoms. The van der Waals surface area contributed by atoms with E-state index in [1.165, 1.54) is 12.2 Å². The van der Waals surface area contributed by atoms with Crippen molar-refractivity contribution in [1.29, 1.82) is 0 Å². The van der Waals surface area contributed by atoms with Gasteiger partial charge in [-0.3, -0.25) is 29.0 Å².